The van der Waals surface area contributed by atoms with Gasteiger partial charge in [-0.3, -0.25) is 4.79 Å². The SMILES string of the molecule is C=CCOC1CCC(C(=O)Oc2ccc(/C=C/C(=O)OCCc3ccc(N)cc3N)cc2)CC1. The first-order valence-electron chi connectivity index (χ1n) is 11.5. The molecule has 0 radical (unpaired) electrons. The molecule has 0 amide bonds. The number of nitrogen functional groups attached to an aromatic ring is 2. The second kappa shape index (κ2) is 12.6. The molecule has 2 aromatic rings. The molecule has 4 N–H and O–H groups in total. The number of ether oxygens (including phenoxy) is 3. The molecule has 1 aliphatic carbocycles. The van der Waals surface area contributed by atoms with Gasteiger partial charge in [0.1, 0.15) is 5.75 Å². The quantitative estimate of drug-likeness (QED) is 0.177. The van der Waals surface area contributed by atoms with E-state index in [2.05, 4.69) is 6.58 Å². The fraction of sp³-hybridized carbons (Fsp3) is 0.333. The molecule has 3 rings (SSSR count). The average molecular weight is 465 g/mol. The molecule has 2 aromatic carbocycles. The van der Waals surface area contributed by atoms with Crippen LogP contribution in [0.3, 0.4) is 0 Å². The Bertz CT molecular complexity index is 1010. The summed E-state index contributed by atoms with van der Waals surface area (Å²) in [6.07, 6.45) is 8.66. The summed E-state index contributed by atoms with van der Waals surface area (Å²) in [7, 11) is 0. The number of esters is 2. The number of hydrogen-bond acceptors (Lipinski definition) is 7. The number of benzene rings is 2. The minimum absolute atomic E-state index is 0.110. The Labute approximate surface area is 200 Å². The minimum Gasteiger partial charge on any atom is -0.462 e. The molecule has 0 unspecified atom stereocenters. The maximum atomic E-state index is 12.5. The van der Waals surface area contributed by atoms with Gasteiger partial charge >= 0.3 is 11.9 Å². The maximum Gasteiger partial charge on any atom is 0.330 e. The van der Waals surface area contributed by atoms with Crippen LogP contribution < -0.4 is 16.2 Å². The largest absolute Gasteiger partial charge is 0.462 e. The molecular weight excluding hydrogens is 432 g/mol. The van der Waals surface area contributed by atoms with Crippen LogP contribution in [0.5, 0.6) is 5.75 Å². The minimum atomic E-state index is -0.447. The van der Waals surface area contributed by atoms with Crippen molar-refractivity contribution in [2.75, 3.05) is 24.7 Å². The van der Waals surface area contributed by atoms with E-state index in [0.717, 1.165) is 36.8 Å². The summed E-state index contributed by atoms with van der Waals surface area (Å²) >= 11 is 0. The van der Waals surface area contributed by atoms with Gasteiger partial charge in [-0.2, -0.15) is 0 Å². The third kappa shape index (κ3) is 7.78. The van der Waals surface area contributed by atoms with E-state index in [1.54, 1.807) is 48.6 Å². The summed E-state index contributed by atoms with van der Waals surface area (Å²) < 4.78 is 16.4. The van der Waals surface area contributed by atoms with Crippen LogP contribution >= 0.6 is 0 Å². The first-order valence-corrected chi connectivity index (χ1v) is 11.5. The van der Waals surface area contributed by atoms with Crippen LogP contribution in [-0.2, 0) is 25.5 Å². The third-order valence-corrected chi connectivity index (χ3v) is 5.75. The van der Waals surface area contributed by atoms with Gasteiger partial charge in [0, 0.05) is 23.9 Å². The molecule has 0 heterocycles. The normalized spacial score (nSPS) is 17.9. The Kier molecular flexibility index (Phi) is 9.29. The lowest BCUT2D eigenvalue weighted by Gasteiger charge is -2.26. The van der Waals surface area contributed by atoms with Crippen LogP contribution in [0, 0.1) is 5.92 Å². The Morgan fingerprint density at radius 2 is 1.76 bits per heavy atom. The van der Waals surface area contributed by atoms with Crippen LogP contribution in [0.1, 0.15) is 36.8 Å². The summed E-state index contributed by atoms with van der Waals surface area (Å²) in [4.78, 5) is 24.4. The van der Waals surface area contributed by atoms with Gasteiger partial charge in [-0.15, -0.1) is 6.58 Å². The number of carbonyl (C=O) groups is 2. The van der Waals surface area contributed by atoms with Gasteiger partial charge in [0.25, 0.3) is 0 Å². The molecule has 0 saturated heterocycles. The van der Waals surface area contributed by atoms with Crippen molar-refractivity contribution in [3.8, 4) is 5.75 Å². The zero-order chi connectivity index (χ0) is 24.3. The summed E-state index contributed by atoms with van der Waals surface area (Å²) in [6.45, 7) is 4.41. The average Bonchev–Trinajstić information content (AvgIpc) is 2.84. The number of rotatable bonds is 10. The van der Waals surface area contributed by atoms with Crippen molar-refractivity contribution in [3.05, 3.63) is 72.3 Å². The van der Waals surface area contributed by atoms with E-state index >= 15 is 0 Å². The van der Waals surface area contributed by atoms with E-state index in [0.29, 0.717) is 30.2 Å². The highest BCUT2D eigenvalue weighted by molar-refractivity contribution is 5.87. The predicted octanol–water partition coefficient (Wildman–Crippen LogP) is 4.32. The van der Waals surface area contributed by atoms with Crippen LogP contribution in [0.4, 0.5) is 11.4 Å². The lowest BCUT2D eigenvalue weighted by atomic mass is 9.87. The lowest BCUT2D eigenvalue weighted by molar-refractivity contribution is -0.141. The molecule has 0 aromatic heterocycles. The smallest absolute Gasteiger partial charge is 0.330 e. The predicted molar refractivity (Wildman–Crippen MR) is 133 cm³/mol. The topological polar surface area (TPSA) is 114 Å². The van der Waals surface area contributed by atoms with Crippen molar-refractivity contribution in [2.45, 2.75) is 38.2 Å². The first kappa shape index (κ1) is 25.1. The molecule has 1 aliphatic rings. The van der Waals surface area contributed by atoms with E-state index in [-0.39, 0.29) is 24.6 Å². The van der Waals surface area contributed by atoms with Gasteiger partial charge in [-0.25, -0.2) is 4.79 Å². The van der Waals surface area contributed by atoms with Gasteiger partial charge in [-0.05, 0) is 67.2 Å². The standard InChI is InChI=1S/C27H32N2O5/c1-2-16-32-23-12-7-21(8-13-23)27(31)34-24-10-3-19(4-11-24)5-14-26(30)33-17-15-20-6-9-22(28)18-25(20)29/h2-6,9-11,14,18,21,23H,1,7-8,12-13,15-17,28-29H2/b14-5+. The zero-order valence-corrected chi connectivity index (χ0v) is 19.3. The molecule has 1 fully saturated rings. The van der Waals surface area contributed by atoms with Crippen LogP contribution in [0.15, 0.2) is 61.2 Å². The zero-order valence-electron chi connectivity index (χ0n) is 19.3. The molecular formula is C27H32N2O5. The highest BCUT2D eigenvalue weighted by Gasteiger charge is 2.28. The van der Waals surface area contributed by atoms with E-state index in [9.17, 15) is 9.59 Å². The lowest BCUT2D eigenvalue weighted by Crippen LogP contribution is -2.28. The third-order valence-electron chi connectivity index (χ3n) is 5.75. The first-order chi connectivity index (χ1) is 16.4. The van der Waals surface area contributed by atoms with Crippen molar-refractivity contribution in [1.82, 2.24) is 0 Å². The second-order valence-corrected chi connectivity index (χ2v) is 8.29. The van der Waals surface area contributed by atoms with Gasteiger partial charge in [-0.1, -0.05) is 24.3 Å². The van der Waals surface area contributed by atoms with Gasteiger partial charge in [0.2, 0.25) is 0 Å². The molecule has 34 heavy (non-hydrogen) atoms. The highest BCUT2D eigenvalue weighted by atomic mass is 16.5. The van der Waals surface area contributed by atoms with Gasteiger partial charge in [0.05, 0.1) is 25.2 Å². The van der Waals surface area contributed by atoms with Crippen LogP contribution in [-0.4, -0.2) is 31.3 Å². The van der Waals surface area contributed by atoms with Crippen molar-refractivity contribution in [1.29, 1.82) is 0 Å². The van der Waals surface area contributed by atoms with Crippen molar-refractivity contribution >= 4 is 29.4 Å². The number of hydrogen-bond donors (Lipinski definition) is 2. The highest BCUT2D eigenvalue weighted by Crippen LogP contribution is 2.28. The fourth-order valence-corrected chi connectivity index (χ4v) is 3.83. The van der Waals surface area contributed by atoms with Crippen molar-refractivity contribution in [2.24, 2.45) is 5.92 Å². The second-order valence-electron chi connectivity index (χ2n) is 8.29. The summed E-state index contributed by atoms with van der Waals surface area (Å²) in [5.74, 6) is -0.287. The summed E-state index contributed by atoms with van der Waals surface area (Å²) in [6, 6.07) is 12.3. The van der Waals surface area contributed by atoms with Crippen molar-refractivity contribution < 1.29 is 23.8 Å². The molecule has 1 saturated carbocycles. The molecule has 0 spiro atoms. The summed E-state index contributed by atoms with van der Waals surface area (Å²) in [5, 5.41) is 0. The van der Waals surface area contributed by atoms with Crippen molar-refractivity contribution in [3.63, 3.8) is 0 Å². The van der Waals surface area contributed by atoms with E-state index in [1.165, 1.54) is 6.08 Å². The van der Waals surface area contributed by atoms with Gasteiger partial charge in [0.15, 0.2) is 0 Å². The molecule has 0 bridgehead atoms. The monoisotopic (exact) mass is 464 g/mol. The Morgan fingerprint density at radius 3 is 2.44 bits per heavy atom. The number of nitrogens with two attached hydrogens (primary N) is 2. The van der Waals surface area contributed by atoms with Gasteiger partial charge < -0.3 is 25.7 Å². The van der Waals surface area contributed by atoms with E-state index in [1.807, 2.05) is 6.07 Å². The Balaban J connectivity index is 1.40. The molecule has 7 nitrogen and oxygen atoms in total. The van der Waals surface area contributed by atoms with E-state index < -0.39 is 5.97 Å². The van der Waals surface area contributed by atoms with Crippen LogP contribution in [0.2, 0.25) is 0 Å². The molecule has 0 atom stereocenters. The summed E-state index contributed by atoms with van der Waals surface area (Å²) in [5.41, 5.74) is 14.4. The maximum absolute atomic E-state index is 12.5. The Hall–Kier alpha value is -3.58. The van der Waals surface area contributed by atoms with Crippen LogP contribution in [0.25, 0.3) is 6.08 Å². The fourth-order valence-electron chi connectivity index (χ4n) is 3.83. The number of anilines is 2. The molecule has 7 heteroatoms. The molecule has 180 valence electrons. The number of carbonyl (C=O) groups excluding carboxylic acids is 2. The Morgan fingerprint density at radius 1 is 1.03 bits per heavy atom. The van der Waals surface area contributed by atoms with E-state index in [4.69, 9.17) is 25.7 Å². The molecule has 0 aliphatic heterocycles.